The van der Waals surface area contributed by atoms with Crippen molar-refractivity contribution in [2.24, 2.45) is 0 Å². The minimum absolute atomic E-state index is 0.0286. The van der Waals surface area contributed by atoms with Gasteiger partial charge in [0.05, 0.1) is 4.90 Å². The van der Waals surface area contributed by atoms with E-state index in [1.165, 1.54) is 18.2 Å². The van der Waals surface area contributed by atoms with Crippen LogP contribution in [0.1, 0.15) is 12.8 Å². The maximum absolute atomic E-state index is 12.8. The summed E-state index contributed by atoms with van der Waals surface area (Å²) in [5, 5.41) is 0. The Morgan fingerprint density at radius 3 is 2.12 bits per heavy atom. The third kappa shape index (κ3) is 2.44. The van der Waals surface area contributed by atoms with Gasteiger partial charge in [-0.2, -0.15) is 0 Å². The van der Waals surface area contributed by atoms with E-state index in [-0.39, 0.29) is 28.5 Å². The molecule has 0 amide bonds. The lowest BCUT2D eigenvalue weighted by Gasteiger charge is -2.11. The second-order valence-electron chi connectivity index (χ2n) is 3.70. The first-order chi connectivity index (χ1) is 8.00. The van der Waals surface area contributed by atoms with Crippen molar-refractivity contribution in [2.45, 2.75) is 17.7 Å². The minimum atomic E-state index is -3.62. The lowest BCUT2D eigenvalue weighted by Crippen LogP contribution is -2.07. The van der Waals surface area contributed by atoms with E-state index in [1.54, 1.807) is 0 Å². The molecule has 1 aromatic carbocycles. The van der Waals surface area contributed by atoms with Crippen molar-refractivity contribution in [1.29, 1.82) is 0 Å². The molecule has 17 heavy (non-hydrogen) atoms. The molecular formula is C12H10F2O2S. The maximum Gasteiger partial charge on any atom is 0.202 e. The van der Waals surface area contributed by atoms with Crippen molar-refractivity contribution in [3.05, 3.63) is 53.0 Å². The standard InChI is InChI=1S/C12H10F2O2S/c13-9-1-5-11(6-2-9)17(15,16)12-7-3-10(14)4-8-12/h1-3,5-7H,4,8H2. The summed E-state index contributed by atoms with van der Waals surface area (Å²) in [5.74, 6) is -0.824. The predicted molar refractivity (Wildman–Crippen MR) is 60.1 cm³/mol. The van der Waals surface area contributed by atoms with Gasteiger partial charge in [0.25, 0.3) is 0 Å². The molecule has 1 aliphatic rings. The van der Waals surface area contributed by atoms with E-state index < -0.39 is 15.7 Å². The third-order valence-electron chi connectivity index (χ3n) is 2.53. The van der Waals surface area contributed by atoms with Crippen molar-refractivity contribution in [1.82, 2.24) is 0 Å². The largest absolute Gasteiger partial charge is 0.219 e. The molecule has 5 heteroatoms. The fourth-order valence-corrected chi connectivity index (χ4v) is 3.00. The Hall–Kier alpha value is -1.49. The summed E-state index contributed by atoms with van der Waals surface area (Å²) in [6.07, 6.45) is 2.64. The van der Waals surface area contributed by atoms with Gasteiger partial charge < -0.3 is 0 Å². The zero-order valence-electron chi connectivity index (χ0n) is 8.86. The van der Waals surface area contributed by atoms with Crippen LogP contribution in [0, 0.1) is 5.82 Å². The number of sulfone groups is 1. The molecule has 0 bridgehead atoms. The topological polar surface area (TPSA) is 34.1 Å². The average molecular weight is 256 g/mol. The predicted octanol–water partition coefficient (Wildman–Crippen LogP) is 3.13. The van der Waals surface area contributed by atoms with Crippen LogP contribution in [0.4, 0.5) is 8.78 Å². The van der Waals surface area contributed by atoms with Crippen molar-refractivity contribution in [3.63, 3.8) is 0 Å². The van der Waals surface area contributed by atoms with Gasteiger partial charge in [-0.3, -0.25) is 0 Å². The first kappa shape index (κ1) is 12.0. The number of rotatable bonds is 2. The Morgan fingerprint density at radius 2 is 1.59 bits per heavy atom. The average Bonchev–Trinajstić information content (AvgIpc) is 2.30. The zero-order valence-corrected chi connectivity index (χ0v) is 9.68. The highest BCUT2D eigenvalue weighted by molar-refractivity contribution is 7.95. The van der Waals surface area contributed by atoms with E-state index >= 15 is 0 Å². The van der Waals surface area contributed by atoms with Crippen molar-refractivity contribution >= 4 is 9.84 Å². The molecule has 0 saturated heterocycles. The summed E-state index contributed by atoms with van der Waals surface area (Å²) in [4.78, 5) is 0.186. The van der Waals surface area contributed by atoms with Gasteiger partial charge in [-0.15, -0.1) is 0 Å². The lowest BCUT2D eigenvalue weighted by molar-refractivity contribution is 0.577. The molecule has 0 N–H and O–H groups in total. The first-order valence-corrected chi connectivity index (χ1v) is 6.54. The van der Waals surface area contributed by atoms with Gasteiger partial charge in [0.15, 0.2) is 0 Å². The van der Waals surface area contributed by atoms with Crippen LogP contribution in [0.15, 0.2) is 52.0 Å². The van der Waals surface area contributed by atoms with Crippen molar-refractivity contribution in [3.8, 4) is 0 Å². The van der Waals surface area contributed by atoms with Crippen LogP contribution in [0.2, 0.25) is 0 Å². The molecular weight excluding hydrogens is 246 g/mol. The monoisotopic (exact) mass is 256 g/mol. The van der Waals surface area contributed by atoms with Crippen molar-refractivity contribution in [2.75, 3.05) is 0 Å². The van der Waals surface area contributed by atoms with E-state index in [1.807, 2.05) is 0 Å². The van der Waals surface area contributed by atoms with Gasteiger partial charge in [0.1, 0.15) is 11.6 Å². The molecule has 0 spiro atoms. The normalized spacial score (nSPS) is 16.4. The Labute approximate surface area is 98.2 Å². The molecule has 0 aliphatic heterocycles. The molecule has 90 valence electrons. The lowest BCUT2D eigenvalue weighted by atomic mass is 10.2. The van der Waals surface area contributed by atoms with Crippen molar-refractivity contribution < 1.29 is 17.2 Å². The molecule has 0 saturated carbocycles. The van der Waals surface area contributed by atoms with Gasteiger partial charge in [0.2, 0.25) is 9.84 Å². The number of hydrogen-bond acceptors (Lipinski definition) is 2. The molecule has 1 aliphatic carbocycles. The Balaban J connectivity index is 2.41. The molecule has 0 heterocycles. The smallest absolute Gasteiger partial charge is 0.202 e. The third-order valence-corrected chi connectivity index (χ3v) is 4.45. The van der Waals surface area contributed by atoms with Crippen LogP contribution >= 0.6 is 0 Å². The molecule has 0 unspecified atom stereocenters. The van der Waals surface area contributed by atoms with E-state index in [0.717, 1.165) is 18.2 Å². The SMILES string of the molecule is O=S(=O)(C1=CC=C(F)CC1)c1ccc(F)cc1. The van der Waals surface area contributed by atoms with Crippen LogP contribution in [0.5, 0.6) is 0 Å². The maximum atomic E-state index is 12.8. The molecule has 0 fully saturated rings. The van der Waals surface area contributed by atoms with Crippen LogP contribution in [-0.4, -0.2) is 8.42 Å². The summed E-state index contributed by atoms with van der Waals surface area (Å²) < 4.78 is 49.6. The molecule has 0 atom stereocenters. The second kappa shape index (κ2) is 4.41. The van der Waals surface area contributed by atoms with Gasteiger partial charge in [-0.05, 0) is 42.8 Å². The highest BCUT2D eigenvalue weighted by Crippen LogP contribution is 2.28. The van der Waals surface area contributed by atoms with E-state index in [4.69, 9.17) is 0 Å². The fraction of sp³-hybridized carbons (Fsp3) is 0.167. The van der Waals surface area contributed by atoms with Gasteiger partial charge in [0, 0.05) is 11.3 Å². The number of hydrogen-bond donors (Lipinski definition) is 0. The number of halogens is 2. The fourth-order valence-electron chi connectivity index (χ4n) is 1.58. The van der Waals surface area contributed by atoms with Crippen LogP contribution in [0.25, 0.3) is 0 Å². The quantitative estimate of drug-likeness (QED) is 0.762. The van der Waals surface area contributed by atoms with E-state index in [0.29, 0.717) is 0 Å². The minimum Gasteiger partial charge on any atom is -0.219 e. The van der Waals surface area contributed by atoms with E-state index in [2.05, 4.69) is 0 Å². The Kier molecular flexibility index (Phi) is 3.11. The highest BCUT2D eigenvalue weighted by atomic mass is 32.2. The molecule has 1 aromatic rings. The zero-order chi connectivity index (χ0) is 12.5. The summed E-state index contributed by atoms with van der Waals surface area (Å²) in [6, 6.07) is 4.60. The number of allylic oxidation sites excluding steroid dienone is 4. The van der Waals surface area contributed by atoms with Gasteiger partial charge >= 0.3 is 0 Å². The molecule has 2 nitrogen and oxygen atoms in total. The summed E-state index contributed by atoms with van der Waals surface area (Å²) in [6.45, 7) is 0. The molecule has 0 radical (unpaired) electrons. The molecule has 0 aromatic heterocycles. The Morgan fingerprint density at radius 1 is 0.941 bits per heavy atom. The molecule has 2 rings (SSSR count). The van der Waals surface area contributed by atoms with Crippen LogP contribution < -0.4 is 0 Å². The summed E-state index contributed by atoms with van der Waals surface area (Å²) in [7, 11) is -3.62. The summed E-state index contributed by atoms with van der Waals surface area (Å²) >= 11 is 0. The summed E-state index contributed by atoms with van der Waals surface area (Å²) in [5.41, 5.74) is 0. The van der Waals surface area contributed by atoms with Crippen LogP contribution in [0.3, 0.4) is 0 Å². The second-order valence-corrected chi connectivity index (χ2v) is 5.71. The van der Waals surface area contributed by atoms with Crippen LogP contribution in [-0.2, 0) is 9.84 Å². The Bertz CT molecular complexity index is 583. The first-order valence-electron chi connectivity index (χ1n) is 5.06. The van der Waals surface area contributed by atoms with Gasteiger partial charge in [-0.25, -0.2) is 17.2 Å². The van der Waals surface area contributed by atoms with Gasteiger partial charge in [-0.1, -0.05) is 0 Å². The number of benzene rings is 1. The highest BCUT2D eigenvalue weighted by Gasteiger charge is 2.22. The van der Waals surface area contributed by atoms with E-state index in [9.17, 15) is 17.2 Å².